The maximum atomic E-state index is 12.4. The molecule has 0 unspecified atom stereocenters. The molecule has 0 N–H and O–H groups in total. The van der Waals surface area contributed by atoms with Gasteiger partial charge in [0, 0.05) is 17.8 Å². The maximum Gasteiger partial charge on any atom is 0.387 e. The molecule has 3 aromatic rings. The zero-order valence-electron chi connectivity index (χ0n) is 11.9. The molecule has 23 heavy (non-hydrogen) atoms. The van der Waals surface area contributed by atoms with E-state index in [0.29, 0.717) is 12.0 Å². The average molecular weight is 314 g/mol. The van der Waals surface area contributed by atoms with E-state index in [2.05, 4.69) is 9.72 Å². The van der Waals surface area contributed by atoms with Crippen molar-refractivity contribution < 1.29 is 18.3 Å². The average Bonchev–Trinajstić information content (AvgIpc) is 3.05. The molecule has 0 aliphatic heterocycles. The molecule has 2 aromatic carbocycles. The number of imidazole rings is 1. The summed E-state index contributed by atoms with van der Waals surface area (Å²) in [6, 6.07) is 14.0. The fourth-order valence-corrected chi connectivity index (χ4v) is 2.20. The minimum absolute atomic E-state index is 0.0671. The van der Waals surface area contributed by atoms with E-state index in [0.717, 1.165) is 11.3 Å². The van der Waals surface area contributed by atoms with Gasteiger partial charge in [0.1, 0.15) is 5.75 Å². The fraction of sp³-hybridized carbons (Fsp3) is 0.0588. The van der Waals surface area contributed by atoms with Crippen molar-refractivity contribution in [3.05, 3.63) is 66.6 Å². The first kappa shape index (κ1) is 14.9. The second-order valence-corrected chi connectivity index (χ2v) is 4.75. The van der Waals surface area contributed by atoms with Crippen LogP contribution < -0.4 is 4.74 Å². The number of benzene rings is 2. The summed E-state index contributed by atoms with van der Waals surface area (Å²) in [4.78, 5) is 15.2. The summed E-state index contributed by atoms with van der Waals surface area (Å²) in [5.74, 6) is -0.164. The summed E-state index contributed by atoms with van der Waals surface area (Å²) in [6.07, 6.45) is 3.83. The maximum absolute atomic E-state index is 12.4. The van der Waals surface area contributed by atoms with Crippen LogP contribution in [0.3, 0.4) is 0 Å². The van der Waals surface area contributed by atoms with Crippen molar-refractivity contribution in [3.8, 4) is 22.7 Å². The Morgan fingerprint density at radius 3 is 2.61 bits per heavy atom. The highest BCUT2D eigenvalue weighted by Crippen LogP contribution is 2.25. The van der Waals surface area contributed by atoms with Crippen LogP contribution in [0.5, 0.6) is 5.75 Å². The molecule has 0 fully saturated rings. The van der Waals surface area contributed by atoms with Gasteiger partial charge in [-0.3, -0.25) is 4.79 Å². The van der Waals surface area contributed by atoms with Crippen molar-refractivity contribution in [2.45, 2.75) is 6.61 Å². The molecule has 4 nitrogen and oxygen atoms in total. The highest BCUT2D eigenvalue weighted by Gasteiger charge is 2.11. The summed E-state index contributed by atoms with van der Waals surface area (Å²) < 4.78 is 30.9. The largest absolute Gasteiger partial charge is 0.434 e. The summed E-state index contributed by atoms with van der Waals surface area (Å²) in [5, 5.41) is 0. The van der Waals surface area contributed by atoms with Crippen molar-refractivity contribution in [2.24, 2.45) is 0 Å². The molecule has 1 aromatic heterocycles. The highest BCUT2D eigenvalue weighted by atomic mass is 19.3. The quantitative estimate of drug-likeness (QED) is 0.670. The number of carbonyl (C=O) groups excluding carboxylic acids is 1. The number of rotatable bonds is 5. The lowest BCUT2D eigenvalue weighted by atomic mass is 10.2. The first-order valence-corrected chi connectivity index (χ1v) is 6.81. The van der Waals surface area contributed by atoms with E-state index >= 15 is 0 Å². The molecule has 0 amide bonds. The zero-order valence-corrected chi connectivity index (χ0v) is 11.9. The molecule has 6 heteroatoms. The van der Waals surface area contributed by atoms with Gasteiger partial charge in [0.2, 0.25) is 0 Å². The molecule has 0 aliphatic rings. The Morgan fingerprint density at radius 2 is 1.91 bits per heavy atom. The van der Waals surface area contributed by atoms with E-state index in [1.54, 1.807) is 23.2 Å². The van der Waals surface area contributed by atoms with Gasteiger partial charge in [0.25, 0.3) is 0 Å². The van der Waals surface area contributed by atoms with Crippen LogP contribution in [-0.4, -0.2) is 22.4 Å². The predicted octanol–water partition coefficient (Wildman–Crippen LogP) is 3.95. The van der Waals surface area contributed by atoms with Crippen molar-refractivity contribution in [2.75, 3.05) is 0 Å². The molecular weight excluding hydrogens is 302 g/mol. The number of halogens is 2. The van der Waals surface area contributed by atoms with Gasteiger partial charge in [-0.05, 0) is 12.1 Å². The molecule has 0 atom stereocenters. The minimum Gasteiger partial charge on any atom is -0.434 e. The van der Waals surface area contributed by atoms with E-state index in [9.17, 15) is 13.6 Å². The van der Waals surface area contributed by atoms with E-state index < -0.39 is 6.61 Å². The smallest absolute Gasteiger partial charge is 0.387 e. The molecule has 3 rings (SSSR count). The van der Waals surface area contributed by atoms with Crippen LogP contribution in [0.15, 0.2) is 61.1 Å². The van der Waals surface area contributed by atoms with Gasteiger partial charge in [0.05, 0.1) is 23.3 Å². The van der Waals surface area contributed by atoms with Crippen molar-refractivity contribution in [3.63, 3.8) is 0 Å². The second-order valence-electron chi connectivity index (χ2n) is 4.75. The zero-order chi connectivity index (χ0) is 16.2. The molecular formula is C17H12F2N2O2. The van der Waals surface area contributed by atoms with Gasteiger partial charge in [-0.25, -0.2) is 4.98 Å². The topological polar surface area (TPSA) is 44.1 Å². The number of nitrogens with zero attached hydrogens (tertiary/aromatic N) is 2. The van der Waals surface area contributed by atoms with Crippen LogP contribution in [0.1, 0.15) is 10.4 Å². The second kappa shape index (κ2) is 6.39. The third-order valence-corrected chi connectivity index (χ3v) is 3.29. The molecule has 0 spiro atoms. The third-order valence-electron chi connectivity index (χ3n) is 3.29. The lowest BCUT2D eigenvalue weighted by molar-refractivity contribution is -0.0500. The Balaban J connectivity index is 1.96. The molecule has 0 saturated heterocycles. The molecule has 1 heterocycles. The molecule has 0 saturated carbocycles. The summed E-state index contributed by atoms with van der Waals surface area (Å²) in [5.41, 5.74) is 2.33. The number of aldehydes is 1. The van der Waals surface area contributed by atoms with Crippen molar-refractivity contribution in [1.82, 2.24) is 9.55 Å². The van der Waals surface area contributed by atoms with Crippen LogP contribution >= 0.6 is 0 Å². The number of hydrogen-bond acceptors (Lipinski definition) is 3. The lowest BCUT2D eigenvalue weighted by Crippen LogP contribution is -2.05. The van der Waals surface area contributed by atoms with Gasteiger partial charge < -0.3 is 9.30 Å². The van der Waals surface area contributed by atoms with Crippen LogP contribution in [0.25, 0.3) is 16.9 Å². The molecule has 0 aliphatic carbocycles. The van der Waals surface area contributed by atoms with Crippen molar-refractivity contribution >= 4 is 6.29 Å². The third kappa shape index (κ3) is 3.26. The normalized spacial score (nSPS) is 10.7. The summed E-state index contributed by atoms with van der Waals surface area (Å²) >= 11 is 0. The molecule has 0 radical (unpaired) electrons. The Kier molecular flexibility index (Phi) is 4.14. The Labute approximate surface area is 131 Å². The molecule has 116 valence electrons. The first-order chi connectivity index (χ1) is 11.2. The Bertz CT molecular complexity index is 816. The van der Waals surface area contributed by atoms with E-state index in [1.807, 2.05) is 30.3 Å². The number of carbonyl (C=O) groups is 1. The SMILES string of the molecule is O=Cc1ccc(-n2cnc(-c3ccccc3)c2)cc1OC(F)F. The fourth-order valence-electron chi connectivity index (χ4n) is 2.20. The number of hydrogen-bond donors (Lipinski definition) is 0. The summed E-state index contributed by atoms with van der Waals surface area (Å²) in [6.45, 7) is -2.99. The van der Waals surface area contributed by atoms with Gasteiger partial charge >= 0.3 is 6.61 Å². The van der Waals surface area contributed by atoms with E-state index in [1.165, 1.54) is 12.1 Å². The van der Waals surface area contributed by atoms with Crippen LogP contribution in [-0.2, 0) is 0 Å². The van der Waals surface area contributed by atoms with Crippen LogP contribution in [0.2, 0.25) is 0 Å². The van der Waals surface area contributed by atoms with Crippen LogP contribution in [0.4, 0.5) is 8.78 Å². The monoisotopic (exact) mass is 314 g/mol. The number of alkyl halides is 2. The lowest BCUT2D eigenvalue weighted by Gasteiger charge is -2.09. The Hall–Kier alpha value is -3.02. The standard InChI is InChI=1S/C17H12F2N2O2/c18-17(19)23-16-8-14(7-6-13(16)10-22)21-9-15(20-11-21)12-4-2-1-3-5-12/h1-11,17H. The Morgan fingerprint density at radius 1 is 1.13 bits per heavy atom. The minimum atomic E-state index is -2.99. The highest BCUT2D eigenvalue weighted by molar-refractivity contribution is 5.80. The number of ether oxygens (including phenoxy) is 1. The van der Waals surface area contributed by atoms with Gasteiger partial charge in [-0.15, -0.1) is 0 Å². The number of aromatic nitrogens is 2. The van der Waals surface area contributed by atoms with E-state index in [-0.39, 0.29) is 11.3 Å². The van der Waals surface area contributed by atoms with Crippen molar-refractivity contribution in [1.29, 1.82) is 0 Å². The predicted molar refractivity (Wildman–Crippen MR) is 81.0 cm³/mol. The first-order valence-electron chi connectivity index (χ1n) is 6.81. The van der Waals surface area contributed by atoms with Crippen LogP contribution in [0, 0.1) is 0 Å². The molecule has 0 bridgehead atoms. The van der Waals surface area contributed by atoms with E-state index in [4.69, 9.17) is 0 Å². The summed E-state index contributed by atoms with van der Waals surface area (Å²) in [7, 11) is 0. The van der Waals surface area contributed by atoms with Gasteiger partial charge in [-0.1, -0.05) is 30.3 Å². The van der Waals surface area contributed by atoms with Gasteiger partial charge in [0.15, 0.2) is 6.29 Å². The van der Waals surface area contributed by atoms with Gasteiger partial charge in [-0.2, -0.15) is 8.78 Å².